The van der Waals surface area contributed by atoms with Crippen LogP contribution in [0.1, 0.15) is 54.1 Å². The first kappa shape index (κ1) is 20.8. The van der Waals surface area contributed by atoms with Crippen molar-refractivity contribution in [2.24, 2.45) is 19.5 Å². The van der Waals surface area contributed by atoms with Gasteiger partial charge in [0, 0.05) is 37.7 Å². The number of anilines is 1. The molecule has 1 aliphatic heterocycles. The lowest BCUT2D eigenvalue weighted by Crippen LogP contribution is -2.45. The van der Waals surface area contributed by atoms with Crippen LogP contribution in [0.25, 0.3) is 0 Å². The summed E-state index contributed by atoms with van der Waals surface area (Å²) in [7, 11) is 4.34. The van der Waals surface area contributed by atoms with Gasteiger partial charge in [0.05, 0.1) is 18.2 Å². The van der Waals surface area contributed by atoms with Crippen molar-refractivity contribution in [2.45, 2.75) is 32.6 Å². The Bertz CT molecular complexity index is 1260. The monoisotopic (exact) mass is 423 g/mol. The van der Waals surface area contributed by atoms with Crippen LogP contribution < -0.4 is 16.6 Å². The molecule has 0 unspecified atom stereocenters. The number of esters is 1. The molecule has 0 fully saturated rings. The molecule has 162 valence electrons. The number of hydrogen-bond acceptors (Lipinski definition) is 6. The molecular weight excluding hydrogens is 398 g/mol. The lowest BCUT2D eigenvalue weighted by atomic mass is 9.69. The van der Waals surface area contributed by atoms with E-state index >= 15 is 0 Å². The number of methoxy groups -OCH3 is 1. The van der Waals surface area contributed by atoms with Gasteiger partial charge in [-0.3, -0.25) is 18.7 Å². The Labute approximate surface area is 179 Å². The van der Waals surface area contributed by atoms with Crippen molar-refractivity contribution in [3.05, 3.63) is 73.1 Å². The summed E-state index contributed by atoms with van der Waals surface area (Å²) in [6.07, 6.45) is 0.985. The molecule has 4 rings (SSSR count). The molecule has 1 N–H and O–H groups in total. The largest absolute Gasteiger partial charge is 0.465 e. The molecule has 2 aromatic rings. The number of ether oxygens (including phenoxy) is 1. The van der Waals surface area contributed by atoms with Crippen LogP contribution in [-0.2, 0) is 23.6 Å². The van der Waals surface area contributed by atoms with E-state index in [1.807, 2.05) is 13.8 Å². The molecule has 8 nitrogen and oxygen atoms in total. The van der Waals surface area contributed by atoms with E-state index in [-0.39, 0.29) is 11.2 Å². The third-order valence-corrected chi connectivity index (χ3v) is 6.13. The fourth-order valence-corrected chi connectivity index (χ4v) is 4.61. The quantitative estimate of drug-likeness (QED) is 0.743. The Morgan fingerprint density at radius 3 is 2.32 bits per heavy atom. The molecule has 0 radical (unpaired) electrons. The molecule has 1 aromatic carbocycles. The van der Waals surface area contributed by atoms with Crippen LogP contribution in [0.2, 0.25) is 0 Å². The first-order valence-electron chi connectivity index (χ1n) is 10.1. The van der Waals surface area contributed by atoms with Gasteiger partial charge in [0.2, 0.25) is 0 Å². The van der Waals surface area contributed by atoms with Gasteiger partial charge < -0.3 is 10.1 Å². The number of rotatable bonds is 2. The van der Waals surface area contributed by atoms with Gasteiger partial charge in [0.1, 0.15) is 5.82 Å². The number of carbonyl (C=O) groups excluding carboxylic acids is 2. The molecule has 31 heavy (non-hydrogen) atoms. The predicted octanol–water partition coefficient (Wildman–Crippen LogP) is 2.07. The molecular formula is C23H25N3O5. The summed E-state index contributed by atoms with van der Waals surface area (Å²) in [4.78, 5) is 50.9. The van der Waals surface area contributed by atoms with Crippen molar-refractivity contribution in [3.8, 4) is 0 Å². The number of fused-ring (bicyclic) bond motifs is 1. The second-order valence-electron chi connectivity index (χ2n) is 8.97. The minimum Gasteiger partial charge on any atom is -0.465 e. The summed E-state index contributed by atoms with van der Waals surface area (Å²) in [6, 6.07) is 6.70. The maximum absolute atomic E-state index is 13.3. The number of benzene rings is 1. The fraction of sp³-hybridized carbons (Fsp3) is 0.391. The third-order valence-electron chi connectivity index (χ3n) is 6.13. The van der Waals surface area contributed by atoms with Gasteiger partial charge in [-0.25, -0.2) is 9.59 Å². The number of carbonyl (C=O) groups is 2. The first-order valence-corrected chi connectivity index (χ1v) is 10.1. The van der Waals surface area contributed by atoms with Gasteiger partial charge in [0.25, 0.3) is 5.56 Å². The van der Waals surface area contributed by atoms with Crippen LogP contribution in [0.4, 0.5) is 5.82 Å². The third kappa shape index (κ3) is 3.22. The lowest BCUT2D eigenvalue weighted by molar-refractivity contribution is -0.118. The molecule has 2 aliphatic rings. The maximum atomic E-state index is 13.3. The number of aromatic nitrogens is 2. The molecule has 1 atom stereocenters. The molecule has 1 aromatic heterocycles. The number of ketones is 1. The van der Waals surface area contributed by atoms with Crippen molar-refractivity contribution >= 4 is 17.6 Å². The standard InChI is InChI=1S/C23H25N3O5/c1-23(2)10-14-17(15(27)11-23)16(12-6-8-13(9-7-12)21(29)31-5)18-19(24-14)25(3)22(30)26(4)20(18)28/h6-9,16,24H,10-11H2,1-5H3/t16-/m1/s1. The number of allylic oxidation sites excluding steroid dienone is 2. The van der Waals surface area contributed by atoms with E-state index in [1.54, 1.807) is 31.3 Å². The number of Topliss-reactive ketones (excluding diaryl/α,β-unsaturated/α-hetero) is 1. The summed E-state index contributed by atoms with van der Waals surface area (Å²) < 4.78 is 7.22. The molecule has 8 heteroatoms. The summed E-state index contributed by atoms with van der Waals surface area (Å²) >= 11 is 0. The highest BCUT2D eigenvalue weighted by Gasteiger charge is 2.42. The molecule has 0 bridgehead atoms. The molecule has 1 aliphatic carbocycles. The average molecular weight is 423 g/mol. The topological polar surface area (TPSA) is 99.4 Å². The average Bonchev–Trinajstić information content (AvgIpc) is 2.73. The number of nitrogens with zero attached hydrogens (tertiary/aromatic N) is 2. The normalized spacial score (nSPS) is 19.4. The maximum Gasteiger partial charge on any atom is 0.337 e. The highest BCUT2D eigenvalue weighted by Crippen LogP contribution is 2.47. The minimum absolute atomic E-state index is 0.0256. The SMILES string of the molecule is COC(=O)c1ccc([C@@H]2C3=C(CC(C)(C)CC3=O)Nc3c2c(=O)n(C)c(=O)n3C)cc1. The molecule has 0 saturated carbocycles. The van der Waals surface area contributed by atoms with E-state index in [9.17, 15) is 19.2 Å². The van der Waals surface area contributed by atoms with Crippen LogP contribution in [0, 0.1) is 5.41 Å². The summed E-state index contributed by atoms with van der Waals surface area (Å²) in [5, 5.41) is 3.23. The van der Waals surface area contributed by atoms with E-state index in [4.69, 9.17) is 4.74 Å². The highest BCUT2D eigenvalue weighted by atomic mass is 16.5. The van der Waals surface area contributed by atoms with Gasteiger partial charge in [0.15, 0.2) is 5.78 Å². The number of hydrogen-bond donors (Lipinski definition) is 1. The van der Waals surface area contributed by atoms with E-state index < -0.39 is 23.1 Å². The summed E-state index contributed by atoms with van der Waals surface area (Å²) in [5.74, 6) is -0.722. The molecule has 0 spiro atoms. The molecule has 2 heterocycles. The lowest BCUT2D eigenvalue weighted by Gasteiger charge is -2.39. The zero-order valence-corrected chi connectivity index (χ0v) is 18.2. The molecule has 0 amide bonds. The number of nitrogens with one attached hydrogen (secondary N) is 1. The van der Waals surface area contributed by atoms with E-state index in [0.29, 0.717) is 40.9 Å². The van der Waals surface area contributed by atoms with Gasteiger partial charge >= 0.3 is 11.7 Å². The molecule has 0 saturated heterocycles. The van der Waals surface area contributed by atoms with Crippen molar-refractivity contribution in [3.63, 3.8) is 0 Å². The zero-order valence-electron chi connectivity index (χ0n) is 18.2. The second kappa shape index (κ2) is 7.08. The van der Waals surface area contributed by atoms with Crippen LogP contribution in [0.5, 0.6) is 0 Å². The van der Waals surface area contributed by atoms with Crippen molar-refractivity contribution < 1.29 is 14.3 Å². The minimum atomic E-state index is -0.632. The fourth-order valence-electron chi connectivity index (χ4n) is 4.61. The van der Waals surface area contributed by atoms with E-state index in [1.165, 1.54) is 18.7 Å². The first-order chi connectivity index (χ1) is 14.6. The second-order valence-corrected chi connectivity index (χ2v) is 8.97. The Kier molecular flexibility index (Phi) is 4.76. The van der Waals surface area contributed by atoms with Crippen molar-refractivity contribution in [1.82, 2.24) is 9.13 Å². The van der Waals surface area contributed by atoms with Crippen LogP contribution >= 0.6 is 0 Å². The smallest absolute Gasteiger partial charge is 0.337 e. The summed E-state index contributed by atoms with van der Waals surface area (Å²) in [6.45, 7) is 4.05. The van der Waals surface area contributed by atoms with Gasteiger partial charge in [-0.2, -0.15) is 0 Å². The zero-order chi connectivity index (χ0) is 22.7. The predicted molar refractivity (Wildman–Crippen MR) is 115 cm³/mol. The Hall–Kier alpha value is -3.42. The van der Waals surface area contributed by atoms with Crippen molar-refractivity contribution in [1.29, 1.82) is 0 Å². The van der Waals surface area contributed by atoms with Gasteiger partial charge in [-0.15, -0.1) is 0 Å². The van der Waals surface area contributed by atoms with E-state index in [0.717, 1.165) is 10.3 Å². The van der Waals surface area contributed by atoms with Crippen LogP contribution in [-0.4, -0.2) is 28.0 Å². The van der Waals surface area contributed by atoms with Crippen molar-refractivity contribution in [2.75, 3.05) is 12.4 Å². The Balaban J connectivity index is 2.00. The Morgan fingerprint density at radius 2 is 1.71 bits per heavy atom. The highest BCUT2D eigenvalue weighted by molar-refractivity contribution is 6.01. The van der Waals surface area contributed by atoms with Crippen LogP contribution in [0.3, 0.4) is 0 Å². The van der Waals surface area contributed by atoms with Crippen LogP contribution in [0.15, 0.2) is 45.1 Å². The van der Waals surface area contributed by atoms with E-state index in [2.05, 4.69) is 5.32 Å². The Morgan fingerprint density at radius 1 is 1.06 bits per heavy atom. The van der Waals surface area contributed by atoms with Gasteiger partial charge in [-0.05, 0) is 29.5 Å². The van der Waals surface area contributed by atoms with Gasteiger partial charge in [-0.1, -0.05) is 26.0 Å². The summed E-state index contributed by atoms with van der Waals surface area (Å²) in [5.41, 5.74) is 1.58.